The van der Waals surface area contributed by atoms with E-state index >= 15 is 0 Å². The van der Waals surface area contributed by atoms with Gasteiger partial charge in [0.25, 0.3) is 0 Å². The Morgan fingerprint density at radius 3 is 2.40 bits per heavy atom. The SMILES string of the molecule is CC(C)(C)C#C/C=C/CO. The van der Waals surface area contributed by atoms with E-state index in [0.29, 0.717) is 0 Å². The van der Waals surface area contributed by atoms with Gasteiger partial charge in [-0.25, -0.2) is 0 Å². The van der Waals surface area contributed by atoms with E-state index in [-0.39, 0.29) is 12.0 Å². The second-order valence-electron chi connectivity index (χ2n) is 3.10. The summed E-state index contributed by atoms with van der Waals surface area (Å²) in [6.45, 7) is 6.21. The molecular formula is C9H14O. The molecule has 0 aliphatic heterocycles. The molecule has 0 aliphatic rings. The van der Waals surface area contributed by atoms with Crippen LogP contribution in [0.2, 0.25) is 0 Å². The number of rotatable bonds is 1. The topological polar surface area (TPSA) is 20.2 Å². The summed E-state index contributed by atoms with van der Waals surface area (Å²) < 4.78 is 0. The summed E-state index contributed by atoms with van der Waals surface area (Å²) in [5.41, 5.74) is 0.0554. The lowest BCUT2D eigenvalue weighted by Crippen LogP contribution is -1.98. The molecule has 1 heteroatoms. The lowest BCUT2D eigenvalue weighted by Gasteiger charge is -2.05. The molecule has 0 saturated carbocycles. The molecule has 0 unspecified atom stereocenters. The summed E-state index contributed by atoms with van der Waals surface area (Å²) in [4.78, 5) is 0. The minimum Gasteiger partial charge on any atom is -0.392 e. The van der Waals surface area contributed by atoms with Crippen molar-refractivity contribution in [1.29, 1.82) is 0 Å². The fraction of sp³-hybridized carbons (Fsp3) is 0.556. The van der Waals surface area contributed by atoms with Crippen LogP contribution in [0.25, 0.3) is 0 Å². The molecule has 0 spiro atoms. The fourth-order valence-electron chi connectivity index (χ4n) is 0.370. The van der Waals surface area contributed by atoms with Gasteiger partial charge in [-0.1, -0.05) is 17.9 Å². The van der Waals surface area contributed by atoms with Gasteiger partial charge in [0.1, 0.15) is 0 Å². The van der Waals surface area contributed by atoms with E-state index in [1.54, 1.807) is 12.2 Å². The molecule has 0 aromatic heterocycles. The predicted molar refractivity (Wildman–Crippen MR) is 43.5 cm³/mol. The third-order valence-electron chi connectivity index (χ3n) is 0.754. The fourth-order valence-corrected chi connectivity index (χ4v) is 0.370. The average molecular weight is 138 g/mol. The summed E-state index contributed by atoms with van der Waals surface area (Å²) in [5.74, 6) is 5.84. The van der Waals surface area contributed by atoms with Crippen molar-refractivity contribution in [2.24, 2.45) is 5.41 Å². The van der Waals surface area contributed by atoms with Crippen LogP contribution in [0.15, 0.2) is 12.2 Å². The van der Waals surface area contributed by atoms with Gasteiger partial charge in [0, 0.05) is 5.41 Å². The largest absolute Gasteiger partial charge is 0.392 e. The molecular weight excluding hydrogens is 124 g/mol. The summed E-state index contributed by atoms with van der Waals surface area (Å²) >= 11 is 0. The Kier molecular flexibility index (Phi) is 3.83. The normalized spacial score (nSPS) is 11.2. The van der Waals surface area contributed by atoms with Gasteiger partial charge in [-0.05, 0) is 26.8 Å². The van der Waals surface area contributed by atoms with Crippen molar-refractivity contribution in [3.8, 4) is 11.8 Å². The number of aliphatic hydroxyl groups excluding tert-OH is 1. The molecule has 0 bridgehead atoms. The van der Waals surface area contributed by atoms with E-state index in [0.717, 1.165) is 0 Å². The second-order valence-corrected chi connectivity index (χ2v) is 3.10. The zero-order valence-electron chi connectivity index (χ0n) is 6.81. The van der Waals surface area contributed by atoms with Crippen molar-refractivity contribution in [2.45, 2.75) is 20.8 Å². The third kappa shape index (κ3) is 7.26. The maximum atomic E-state index is 8.34. The van der Waals surface area contributed by atoms with Crippen LogP contribution in [0.1, 0.15) is 20.8 Å². The van der Waals surface area contributed by atoms with E-state index < -0.39 is 0 Å². The van der Waals surface area contributed by atoms with E-state index in [2.05, 4.69) is 11.8 Å². The molecule has 0 aromatic carbocycles. The first kappa shape index (κ1) is 9.26. The van der Waals surface area contributed by atoms with Crippen molar-refractivity contribution in [3.63, 3.8) is 0 Å². The zero-order valence-corrected chi connectivity index (χ0v) is 6.81. The summed E-state index contributed by atoms with van der Waals surface area (Å²) in [6, 6.07) is 0. The van der Waals surface area contributed by atoms with Crippen LogP contribution in [-0.4, -0.2) is 11.7 Å². The highest BCUT2D eigenvalue weighted by atomic mass is 16.2. The molecule has 0 amide bonds. The Morgan fingerprint density at radius 2 is 2.00 bits per heavy atom. The predicted octanol–water partition coefficient (Wildman–Crippen LogP) is 1.58. The maximum Gasteiger partial charge on any atom is 0.0621 e. The minimum absolute atomic E-state index is 0.0554. The summed E-state index contributed by atoms with van der Waals surface area (Å²) in [6.07, 6.45) is 3.30. The Morgan fingerprint density at radius 1 is 1.40 bits per heavy atom. The highest BCUT2D eigenvalue weighted by molar-refractivity contribution is 5.18. The average Bonchev–Trinajstić information content (AvgIpc) is 1.78. The number of hydrogen-bond acceptors (Lipinski definition) is 1. The maximum absolute atomic E-state index is 8.34. The Balaban J connectivity index is 3.81. The Labute approximate surface area is 62.8 Å². The molecule has 56 valence electrons. The molecule has 0 aromatic rings. The number of hydrogen-bond donors (Lipinski definition) is 1. The van der Waals surface area contributed by atoms with E-state index in [4.69, 9.17) is 5.11 Å². The monoisotopic (exact) mass is 138 g/mol. The van der Waals surface area contributed by atoms with Crippen LogP contribution in [0, 0.1) is 17.3 Å². The molecule has 0 fully saturated rings. The first-order chi connectivity index (χ1) is 4.56. The van der Waals surface area contributed by atoms with Crippen molar-refractivity contribution in [1.82, 2.24) is 0 Å². The lowest BCUT2D eigenvalue weighted by atomic mass is 9.98. The molecule has 0 atom stereocenters. The van der Waals surface area contributed by atoms with E-state index in [1.807, 2.05) is 20.8 Å². The van der Waals surface area contributed by atoms with Gasteiger partial charge in [0.2, 0.25) is 0 Å². The molecule has 10 heavy (non-hydrogen) atoms. The molecule has 0 heterocycles. The van der Waals surface area contributed by atoms with Crippen molar-refractivity contribution in [2.75, 3.05) is 6.61 Å². The van der Waals surface area contributed by atoms with Gasteiger partial charge in [0.15, 0.2) is 0 Å². The van der Waals surface area contributed by atoms with E-state index in [1.165, 1.54) is 0 Å². The van der Waals surface area contributed by atoms with Gasteiger partial charge in [0.05, 0.1) is 6.61 Å². The van der Waals surface area contributed by atoms with Crippen LogP contribution < -0.4 is 0 Å². The summed E-state index contributed by atoms with van der Waals surface area (Å²) in [7, 11) is 0. The summed E-state index contributed by atoms with van der Waals surface area (Å²) in [5, 5.41) is 8.34. The Bertz CT molecular complexity index is 161. The van der Waals surface area contributed by atoms with E-state index in [9.17, 15) is 0 Å². The van der Waals surface area contributed by atoms with Gasteiger partial charge < -0.3 is 5.11 Å². The van der Waals surface area contributed by atoms with Crippen LogP contribution in [-0.2, 0) is 0 Å². The van der Waals surface area contributed by atoms with Crippen molar-refractivity contribution in [3.05, 3.63) is 12.2 Å². The molecule has 0 rings (SSSR count). The van der Waals surface area contributed by atoms with Crippen LogP contribution in [0.4, 0.5) is 0 Å². The third-order valence-corrected chi connectivity index (χ3v) is 0.754. The smallest absolute Gasteiger partial charge is 0.0621 e. The van der Waals surface area contributed by atoms with Crippen LogP contribution in [0.5, 0.6) is 0 Å². The molecule has 1 N–H and O–H groups in total. The van der Waals surface area contributed by atoms with Gasteiger partial charge in [-0.2, -0.15) is 0 Å². The lowest BCUT2D eigenvalue weighted by molar-refractivity contribution is 0.343. The number of allylic oxidation sites excluding steroid dienone is 1. The first-order valence-corrected chi connectivity index (χ1v) is 3.35. The zero-order chi connectivity index (χ0) is 8.04. The van der Waals surface area contributed by atoms with Crippen LogP contribution in [0.3, 0.4) is 0 Å². The Hall–Kier alpha value is -0.740. The van der Waals surface area contributed by atoms with Gasteiger partial charge >= 0.3 is 0 Å². The van der Waals surface area contributed by atoms with Gasteiger partial charge in [-0.3, -0.25) is 0 Å². The highest BCUT2D eigenvalue weighted by Gasteiger charge is 2.01. The minimum atomic E-state index is 0.0554. The van der Waals surface area contributed by atoms with Gasteiger partial charge in [-0.15, -0.1) is 0 Å². The quantitative estimate of drug-likeness (QED) is 0.545. The standard InChI is InChI=1S/C9H14O/c1-9(2,3)7-5-4-6-8-10/h4,6,10H,8H2,1-3H3/b6-4+. The first-order valence-electron chi connectivity index (χ1n) is 3.35. The van der Waals surface area contributed by atoms with Crippen molar-refractivity contribution >= 4 is 0 Å². The molecule has 0 radical (unpaired) electrons. The number of aliphatic hydroxyl groups is 1. The molecule has 0 saturated heterocycles. The molecule has 0 aliphatic carbocycles. The van der Waals surface area contributed by atoms with Crippen molar-refractivity contribution < 1.29 is 5.11 Å². The molecule has 1 nitrogen and oxygen atoms in total. The second kappa shape index (κ2) is 4.14. The highest BCUT2D eigenvalue weighted by Crippen LogP contribution is 2.09. The van der Waals surface area contributed by atoms with Crippen LogP contribution >= 0.6 is 0 Å².